The first kappa shape index (κ1) is 19.7. The van der Waals surface area contributed by atoms with Gasteiger partial charge in [0.05, 0.1) is 5.56 Å². The lowest BCUT2D eigenvalue weighted by molar-refractivity contribution is -0.137. The number of amides is 1. The Labute approximate surface area is 168 Å². The van der Waals surface area contributed by atoms with Gasteiger partial charge in [0, 0.05) is 30.3 Å². The molecule has 2 heterocycles. The molecule has 0 saturated carbocycles. The number of carbonyl (C=O) groups excluding carboxylic acids is 1. The van der Waals surface area contributed by atoms with E-state index >= 15 is 0 Å². The molecule has 2 aromatic carbocycles. The number of aryl methyl sites for hydroxylation is 1. The van der Waals surface area contributed by atoms with Gasteiger partial charge in [-0.15, -0.1) is 0 Å². The minimum absolute atomic E-state index is 0.0849. The van der Waals surface area contributed by atoms with Gasteiger partial charge >= 0.3 is 6.18 Å². The maximum absolute atomic E-state index is 13.1. The predicted molar refractivity (Wildman–Crippen MR) is 108 cm³/mol. The quantitative estimate of drug-likeness (QED) is 0.672. The molecule has 0 aromatic heterocycles. The van der Waals surface area contributed by atoms with Crippen LogP contribution in [-0.4, -0.2) is 37.0 Å². The molecule has 1 fully saturated rings. The fraction of sp³-hybridized carbons (Fsp3) is 0.348. The number of alkyl halides is 3. The van der Waals surface area contributed by atoms with Crippen LogP contribution in [0.4, 0.5) is 18.9 Å². The highest BCUT2D eigenvalue weighted by atomic mass is 19.4. The van der Waals surface area contributed by atoms with Gasteiger partial charge < -0.3 is 9.80 Å². The van der Waals surface area contributed by atoms with Crippen LogP contribution in [0.25, 0.3) is 6.08 Å². The summed E-state index contributed by atoms with van der Waals surface area (Å²) < 4.78 is 38.8. The summed E-state index contributed by atoms with van der Waals surface area (Å²) in [6, 6.07) is 11.2. The molecule has 0 aliphatic carbocycles. The second-order valence-corrected chi connectivity index (χ2v) is 7.95. The molecule has 152 valence electrons. The molecule has 6 heteroatoms. The molecule has 1 saturated heterocycles. The highest BCUT2D eigenvalue weighted by Gasteiger charge is 2.43. The molecular formula is C23H23F3N2O. The molecule has 4 rings (SSSR count). The minimum atomic E-state index is -4.40. The fourth-order valence-electron chi connectivity index (χ4n) is 4.43. The lowest BCUT2D eigenvalue weighted by Crippen LogP contribution is -2.46. The Morgan fingerprint density at radius 2 is 1.97 bits per heavy atom. The minimum Gasteiger partial charge on any atom is -0.306 e. The van der Waals surface area contributed by atoms with Gasteiger partial charge in [-0.1, -0.05) is 29.8 Å². The van der Waals surface area contributed by atoms with Crippen molar-refractivity contribution >= 4 is 17.7 Å². The van der Waals surface area contributed by atoms with E-state index in [9.17, 15) is 18.0 Å². The second kappa shape index (κ2) is 7.34. The third-order valence-electron chi connectivity index (χ3n) is 5.82. The normalized spacial score (nSPS) is 22.0. The van der Waals surface area contributed by atoms with E-state index in [2.05, 4.69) is 18.0 Å². The van der Waals surface area contributed by atoms with E-state index in [0.717, 1.165) is 42.9 Å². The summed E-state index contributed by atoms with van der Waals surface area (Å²) >= 11 is 0. The van der Waals surface area contributed by atoms with Gasteiger partial charge in [-0.05, 0) is 62.3 Å². The number of nitrogens with zero attached hydrogens (tertiary/aromatic N) is 2. The zero-order valence-electron chi connectivity index (χ0n) is 16.4. The molecule has 0 radical (unpaired) electrons. The van der Waals surface area contributed by atoms with Crippen molar-refractivity contribution in [3.8, 4) is 0 Å². The van der Waals surface area contributed by atoms with Gasteiger partial charge in [0.25, 0.3) is 5.91 Å². The molecule has 29 heavy (non-hydrogen) atoms. The van der Waals surface area contributed by atoms with Gasteiger partial charge in [-0.2, -0.15) is 13.2 Å². The summed E-state index contributed by atoms with van der Waals surface area (Å²) in [6.45, 7) is 3.84. The van der Waals surface area contributed by atoms with Gasteiger partial charge in [0.2, 0.25) is 0 Å². The van der Waals surface area contributed by atoms with Crippen molar-refractivity contribution in [1.29, 1.82) is 0 Å². The van der Waals surface area contributed by atoms with Crippen molar-refractivity contribution in [3.63, 3.8) is 0 Å². The van der Waals surface area contributed by atoms with Gasteiger partial charge in [-0.25, -0.2) is 0 Å². The number of halogens is 3. The third-order valence-corrected chi connectivity index (χ3v) is 5.82. The molecule has 2 unspecified atom stereocenters. The third kappa shape index (κ3) is 3.81. The van der Waals surface area contributed by atoms with E-state index in [4.69, 9.17) is 0 Å². The largest absolute Gasteiger partial charge is 0.416 e. The van der Waals surface area contributed by atoms with Crippen LogP contribution in [0.5, 0.6) is 0 Å². The number of likely N-dealkylation sites (N-methyl/N-ethyl adjacent to an activating group) is 1. The van der Waals surface area contributed by atoms with E-state index in [1.165, 1.54) is 23.8 Å². The van der Waals surface area contributed by atoms with Gasteiger partial charge in [-0.3, -0.25) is 4.79 Å². The maximum atomic E-state index is 13.1. The van der Waals surface area contributed by atoms with Crippen molar-refractivity contribution in [2.45, 2.75) is 31.5 Å². The Balaban J connectivity index is 1.63. The first-order valence-corrected chi connectivity index (χ1v) is 9.71. The lowest BCUT2D eigenvalue weighted by Gasteiger charge is -2.36. The van der Waals surface area contributed by atoms with Crippen LogP contribution in [0.2, 0.25) is 0 Å². The molecule has 3 nitrogen and oxygen atoms in total. The Morgan fingerprint density at radius 3 is 2.72 bits per heavy atom. The number of carbonyl (C=O) groups is 1. The predicted octanol–water partition coefficient (Wildman–Crippen LogP) is 4.86. The van der Waals surface area contributed by atoms with Crippen LogP contribution in [0.3, 0.4) is 0 Å². The average Bonchev–Trinajstić information content (AvgIpc) is 2.98. The number of rotatable bonds is 2. The highest BCUT2D eigenvalue weighted by molar-refractivity contribution is 6.06. The summed E-state index contributed by atoms with van der Waals surface area (Å²) in [5.41, 5.74) is 2.90. The molecule has 0 bridgehead atoms. The topological polar surface area (TPSA) is 23.6 Å². The standard InChI is InChI=1S/C23H23F3N2O/c1-15-6-8-20-18(12-15)19-14-27(2)11-10-21(19)28(20)22(29)9-7-16-4-3-5-17(13-16)23(24,25)26/h3-9,12-13,19,21H,10-11,14H2,1-2H3. The maximum Gasteiger partial charge on any atom is 0.416 e. The number of hydrogen-bond acceptors (Lipinski definition) is 2. The number of hydrogen-bond donors (Lipinski definition) is 0. The molecule has 2 aliphatic rings. The Hall–Kier alpha value is -2.60. The summed E-state index contributed by atoms with van der Waals surface area (Å²) in [4.78, 5) is 17.2. The van der Waals surface area contributed by atoms with E-state index < -0.39 is 11.7 Å². The van der Waals surface area contributed by atoms with Crippen molar-refractivity contribution < 1.29 is 18.0 Å². The van der Waals surface area contributed by atoms with Crippen molar-refractivity contribution in [1.82, 2.24) is 4.90 Å². The number of likely N-dealkylation sites (tertiary alicyclic amines) is 1. The highest BCUT2D eigenvalue weighted by Crippen LogP contribution is 2.45. The van der Waals surface area contributed by atoms with Crippen molar-refractivity contribution in [2.75, 3.05) is 25.0 Å². The van der Waals surface area contributed by atoms with Gasteiger partial charge in [0.1, 0.15) is 0 Å². The zero-order chi connectivity index (χ0) is 20.8. The average molecular weight is 400 g/mol. The second-order valence-electron chi connectivity index (χ2n) is 7.95. The van der Waals surface area contributed by atoms with Gasteiger partial charge in [0.15, 0.2) is 0 Å². The van der Waals surface area contributed by atoms with Crippen LogP contribution in [-0.2, 0) is 11.0 Å². The van der Waals surface area contributed by atoms with Crippen molar-refractivity contribution in [3.05, 3.63) is 70.8 Å². The smallest absolute Gasteiger partial charge is 0.306 e. The summed E-state index contributed by atoms with van der Waals surface area (Å²) in [7, 11) is 2.09. The van der Waals surface area contributed by atoms with E-state index in [1.54, 1.807) is 6.07 Å². The van der Waals surface area contributed by atoms with Crippen LogP contribution >= 0.6 is 0 Å². The van der Waals surface area contributed by atoms with E-state index in [-0.39, 0.29) is 17.9 Å². The monoisotopic (exact) mass is 400 g/mol. The summed E-state index contributed by atoms with van der Waals surface area (Å²) in [5, 5.41) is 0. The number of fused-ring (bicyclic) bond motifs is 3. The molecule has 2 aliphatic heterocycles. The molecular weight excluding hydrogens is 377 g/mol. The molecule has 2 atom stereocenters. The molecule has 0 N–H and O–H groups in total. The number of piperidine rings is 1. The number of anilines is 1. The Morgan fingerprint density at radius 1 is 1.17 bits per heavy atom. The molecule has 2 aromatic rings. The molecule has 0 spiro atoms. The fourth-order valence-corrected chi connectivity index (χ4v) is 4.43. The zero-order valence-corrected chi connectivity index (χ0v) is 16.4. The Bertz CT molecular complexity index is 967. The van der Waals surface area contributed by atoms with Crippen LogP contribution in [0.15, 0.2) is 48.5 Å². The first-order chi connectivity index (χ1) is 13.7. The van der Waals surface area contributed by atoms with Crippen LogP contribution < -0.4 is 4.90 Å². The summed E-state index contributed by atoms with van der Waals surface area (Å²) in [5.74, 6) is 0.0686. The lowest BCUT2D eigenvalue weighted by atomic mass is 9.89. The van der Waals surface area contributed by atoms with Crippen molar-refractivity contribution in [2.24, 2.45) is 0 Å². The summed E-state index contributed by atoms with van der Waals surface area (Å²) in [6.07, 6.45) is -0.674. The van der Waals surface area contributed by atoms with E-state index in [0.29, 0.717) is 5.56 Å². The number of benzene rings is 2. The van der Waals surface area contributed by atoms with E-state index in [1.807, 2.05) is 24.0 Å². The SMILES string of the molecule is Cc1ccc2c(c1)C1CN(C)CCC1N2C(=O)C=Cc1cccc(C(F)(F)F)c1. The molecule has 1 amide bonds. The van der Waals surface area contributed by atoms with Crippen LogP contribution in [0.1, 0.15) is 34.6 Å². The Kier molecular flexibility index (Phi) is 4.99. The first-order valence-electron chi connectivity index (χ1n) is 9.71. The van der Waals surface area contributed by atoms with Crippen LogP contribution in [0, 0.1) is 6.92 Å².